The molecule has 1 heterocycles. The van der Waals surface area contributed by atoms with Crippen LogP contribution in [0.5, 0.6) is 34.5 Å². The zero-order valence-electron chi connectivity index (χ0n) is 15.8. The Morgan fingerprint density at radius 3 is 2.04 bits per heavy atom. The number of benzene rings is 2. The lowest BCUT2D eigenvalue weighted by Crippen LogP contribution is -2.04. The molecule has 0 aliphatic carbocycles. The molecule has 1 atom stereocenters. The number of methoxy groups -OCH3 is 3. The van der Waals surface area contributed by atoms with E-state index >= 15 is 0 Å². The Hall–Kier alpha value is -2.76. The number of ether oxygens (including phenoxy) is 6. The van der Waals surface area contributed by atoms with Gasteiger partial charge in [-0.15, -0.1) is 0 Å². The smallest absolute Gasteiger partial charge is 0.231 e. The molecule has 6 heteroatoms. The molecule has 0 amide bonds. The minimum absolute atomic E-state index is 0.0137. The minimum Gasteiger partial charge on any atom is -0.493 e. The maximum atomic E-state index is 5.84. The van der Waals surface area contributed by atoms with Crippen molar-refractivity contribution in [2.75, 3.05) is 34.7 Å². The number of fused-ring (bicyclic) bond motifs is 1. The van der Waals surface area contributed by atoms with E-state index in [1.165, 1.54) is 0 Å². The topological polar surface area (TPSA) is 55.4 Å². The largest absolute Gasteiger partial charge is 0.493 e. The predicted octanol–water partition coefficient (Wildman–Crippen LogP) is 3.99. The van der Waals surface area contributed by atoms with Crippen molar-refractivity contribution in [1.82, 2.24) is 0 Å². The highest BCUT2D eigenvalue weighted by atomic mass is 16.7. The van der Waals surface area contributed by atoms with Gasteiger partial charge in [0.25, 0.3) is 0 Å². The van der Waals surface area contributed by atoms with Crippen molar-refractivity contribution in [2.24, 2.45) is 0 Å². The van der Waals surface area contributed by atoms with E-state index in [0.29, 0.717) is 29.6 Å². The van der Waals surface area contributed by atoms with E-state index in [9.17, 15) is 0 Å². The van der Waals surface area contributed by atoms with Crippen molar-refractivity contribution in [3.63, 3.8) is 0 Å². The Kier molecular flexibility index (Phi) is 5.30. The van der Waals surface area contributed by atoms with E-state index in [-0.39, 0.29) is 12.7 Å². The lowest BCUT2D eigenvalue weighted by molar-refractivity contribution is 0.173. The summed E-state index contributed by atoms with van der Waals surface area (Å²) in [5.41, 5.74) is 2.02. The van der Waals surface area contributed by atoms with Gasteiger partial charge < -0.3 is 28.4 Å². The second-order valence-corrected chi connectivity index (χ2v) is 5.86. The van der Waals surface area contributed by atoms with E-state index < -0.39 is 0 Å². The summed E-state index contributed by atoms with van der Waals surface area (Å²) in [6.45, 7) is 4.84. The minimum atomic E-state index is 0.0137. The second kappa shape index (κ2) is 7.64. The van der Waals surface area contributed by atoms with Crippen LogP contribution in [0.2, 0.25) is 0 Å². The van der Waals surface area contributed by atoms with Gasteiger partial charge in [0.2, 0.25) is 12.5 Å². The fourth-order valence-corrected chi connectivity index (χ4v) is 3.09. The summed E-state index contributed by atoms with van der Waals surface area (Å²) in [7, 11) is 4.81. The Labute approximate surface area is 153 Å². The molecule has 0 saturated heterocycles. The van der Waals surface area contributed by atoms with Crippen molar-refractivity contribution in [3.05, 3.63) is 35.4 Å². The molecule has 0 saturated carbocycles. The first-order valence-electron chi connectivity index (χ1n) is 8.49. The summed E-state index contributed by atoms with van der Waals surface area (Å²) in [6, 6.07) is 7.76. The van der Waals surface area contributed by atoms with Gasteiger partial charge in [-0.2, -0.15) is 0 Å². The van der Waals surface area contributed by atoms with Crippen LogP contribution in [0, 0.1) is 0 Å². The van der Waals surface area contributed by atoms with E-state index in [1.54, 1.807) is 21.3 Å². The monoisotopic (exact) mass is 360 g/mol. The quantitative estimate of drug-likeness (QED) is 0.744. The summed E-state index contributed by atoms with van der Waals surface area (Å²) in [5.74, 6) is 4.02. The summed E-state index contributed by atoms with van der Waals surface area (Å²) < 4.78 is 33.2. The van der Waals surface area contributed by atoms with Crippen LogP contribution in [-0.2, 0) is 0 Å². The zero-order chi connectivity index (χ0) is 18.7. The standard InChI is InChI=1S/C20H24O6/c1-6-24-15-10-17-16(25-11-26-17)9-14(15)12(2)13-7-18(21-3)20(23-5)19(8-13)22-4/h7-10,12H,6,11H2,1-5H3/t12-/m1/s1. The molecule has 3 rings (SSSR count). The maximum Gasteiger partial charge on any atom is 0.231 e. The Morgan fingerprint density at radius 2 is 1.50 bits per heavy atom. The van der Waals surface area contributed by atoms with E-state index in [2.05, 4.69) is 6.92 Å². The molecule has 0 spiro atoms. The van der Waals surface area contributed by atoms with E-state index in [4.69, 9.17) is 28.4 Å². The van der Waals surface area contributed by atoms with Crippen LogP contribution < -0.4 is 28.4 Å². The third kappa shape index (κ3) is 3.19. The SMILES string of the molecule is CCOc1cc2c(cc1[C@H](C)c1cc(OC)c(OC)c(OC)c1)OCO2. The predicted molar refractivity (Wildman–Crippen MR) is 97.3 cm³/mol. The molecular weight excluding hydrogens is 336 g/mol. The van der Waals surface area contributed by atoms with Gasteiger partial charge in [-0.05, 0) is 30.7 Å². The van der Waals surface area contributed by atoms with Crippen LogP contribution in [0.4, 0.5) is 0 Å². The number of rotatable bonds is 7. The average molecular weight is 360 g/mol. The summed E-state index contributed by atoms with van der Waals surface area (Å²) in [4.78, 5) is 0. The van der Waals surface area contributed by atoms with Gasteiger partial charge in [-0.1, -0.05) is 6.92 Å². The molecule has 0 unspecified atom stereocenters. The van der Waals surface area contributed by atoms with Gasteiger partial charge in [0.1, 0.15) is 5.75 Å². The molecule has 0 N–H and O–H groups in total. The average Bonchev–Trinajstić information content (AvgIpc) is 3.13. The highest BCUT2D eigenvalue weighted by Crippen LogP contribution is 2.45. The van der Waals surface area contributed by atoms with Crippen LogP contribution in [0.3, 0.4) is 0 Å². The van der Waals surface area contributed by atoms with Gasteiger partial charge in [0, 0.05) is 17.5 Å². The normalized spacial score (nSPS) is 13.3. The molecule has 26 heavy (non-hydrogen) atoms. The molecule has 0 radical (unpaired) electrons. The molecule has 0 aromatic heterocycles. The first kappa shape index (κ1) is 18.0. The molecular formula is C20H24O6. The molecule has 2 aromatic rings. The number of hydrogen-bond donors (Lipinski definition) is 0. The molecule has 6 nitrogen and oxygen atoms in total. The van der Waals surface area contributed by atoms with Crippen molar-refractivity contribution in [1.29, 1.82) is 0 Å². The molecule has 0 bridgehead atoms. The van der Waals surface area contributed by atoms with Gasteiger partial charge in [0.05, 0.1) is 27.9 Å². The van der Waals surface area contributed by atoms with Crippen LogP contribution in [0.25, 0.3) is 0 Å². The first-order chi connectivity index (χ1) is 12.6. The van der Waals surface area contributed by atoms with Crippen molar-refractivity contribution >= 4 is 0 Å². The molecule has 1 aliphatic heterocycles. The van der Waals surface area contributed by atoms with Crippen molar-refractivity contribution in [3.8, 4) is 34.5 Å². The molecule has 2 aromatic carbocycles. The highest BCUT2D eigenvalue weighted by molar-refractivity contribution is 5.58. The van der Waals surface area contributed by atoms with Crippen LogP contribution in [0.15, 0.2) is 24.3 Å². The van der Waals surface area contributed by atoms with Crippen molar-refractivity contribution in [2.45, 2.75) is 19.8 Å². The highest BCUT2D eigenvalue weighted by Gasteiger charge is 2.24. The van der Waals surface area contributed by atoms with E-state index in [0.717, 1.165) is 22.6 Å². The van der Waals surface area contributed by atoms with Gasteiger partial charge in [0.15, 0.2) is 23.0 Å². The number of hydrogen-bond acceptors (Lipinski definition) is 6. The van der Waals surface area contributed by atoms with Gasteiger partial charge in [-0.25, -0.2) is 0 Å². The summed E-state index contributed by atoms with van der Waals surface area (Å²) in [5, 5.41) is 0. The van der Waals surface area contributed by atoms with Gasteiger partial charge >= 0.3 is 0 Å². The van der Waals surface area contributed by atoms with E-state index in [1.807, 2.05) is 31.2 Å². The van der Waals surface area contributed by atoms with Crippen molar-refractivity contribution < 1.29 is 28.4 Å². The summed E-state index contributed by atoms with van der Waals surface area (Å²) in [6.07, 6.45) is 0. The Morgan fingerprint density at radius 1 is 0.885 bits per heavy atom. The van der Waals surface area contributed by atoms with Crippen LogP contribution in [-0.4, -0.2) is 34.7 Å². The molecule has 0 fully saturated rings. The van der Waals surface area contributed by atoms with Crippen LogP contribution in [0.1, 0.15) is 30.9 Å². The maximum absolute atomic E-state index is 5.84. The third-order valence-electron chi connectivity index (χ3n) is 4.46. The van der Waals surface area contributed by atoms with Crippen LogP contribution >= 0.6 is 0 Å². The first-order valence-corrected chi connectivity index (χ1v) is 8.49. The third-order valence-corrected chi connectivity index (χ3v) is 4.46. The molecule has 140 valence electrons. The summed E-state index contributed by atoms with van der Waals surface area (Å²) >= 11 is 0. The fourth-order valence-electron chi connectivity index (χ4n) is 3.09. The lowest BCUT2D eigenvalue weighted by atomic mass is 9.91. The zero-order valence-corrected chi connectivity index (χ0v) is 15.8. The Bertz CT molecular complexity index is 761. The second-order valence-electron chi connectivity index (χ2n) is 5.86. The van der Waals surface area contributed by atoms with Gasteiger partial charge in [-0.3, -0.25) is 0 Å². The molecule has 1 aliphatic rings. The fraction of sp³-hybridized carbons (Fsp3) is 0.400. The Balaban J connectivity index is 2.08. The lowest BCUT2D eigenvalue weighted by Gasteiger charge is -2.20.